The standard InChI is InChI=1S/C10H9NO6/c1-15-6-3-7(10(13)14)9(17-11-5-12)8(4-6)16-2/h3-4H,1-2H3,(H,13,14). The van der Waals surface area contributed by atoms with Gasteiger partial charge in [0.05, 0.1) is 14.2 Å². The molecular weight excluding hydrogens is 230 g/mol. The number of rotatable bonds is 5. The molecule has 0 aromatic heterocycles. The molecule has 0 bridgehead atoms. The Balaban J connectivity index is 3.39. The summed E-state index contributed by atoms with van der Waals surface area (Å²) in [5.74, 6) is -1.09. The zero-order valence-electron chi connectivity index (χ0n) is 9.09. The van der Waals surface area contributed by atoms with Gasteiger partial charge in [0.2, 0.25) is 5.75 Å². The Morgan fingerprint density at radius 1 is 1.35 bits per heavy atom. The van der Waals surface area contributed by atoms with Crippen molar-refractivity contribution in [3.63, 3.8) is 0 Å². The first-order valence-corrected chi connectivity index (χ1v) is 4.37. The third kappa shape index (κ3) is 2.73. The summed E-state index contributed by atoms with van der Waals surface area (Å²) in [6, 6.07) is 2.63. The minimum Gasteiger partial charge on any atom is -0.497 e. The molecule has 0 aliphatic carbocycles. The summed E-state index contributed by atoms with van der Waals surface area (Å²) in [7, 11) is 2.70. The Bertz CT molecular complexity index is 478. The van der Waals surface area contributed by atoms with Crippen molar-refractivity contribution in [2.75, 3.05) is 14.2 Å². The van der Waals surface area contributed by atoms with Crippen LogP contribution in [0.3, 0.4) is 0 Å². The van der Waals surface area contributed by atoms with E-state index in [2.05, 4.69) is 9.99 Å². The van der Waals surface area contributed by atoms with E-state index >= 15 is 0 Å². The van der Waals surface area contributed by atoms with Crippen molar-refractivity contribution in [3.05, 3.63) is 17.7 Å². The topological polar surface area (TPSA) is 94.4 Å². The normalized spacial score (nSPS) is 9.06. The summed E-state index contributed by atoms with van der Waals surface area (Å²) in [5.41, 5.74) is -0.236. The lowest BCUT2D eigenvalue weighted by Gasteiger charge is -2.10. The van der Waals surface area contributed by atoms with E-state index in [1.165, 1.54) is 26.4 Å². The Kier molecular flexibility index (Phi) is 4.08. The first-order chi connectivity index (χ1) is 8.13. The highest BCUT2D eigenvalue weighted by Gasteiger charge is 2.19. The Labute approximate surface area is 96.2 Å². The van der Waals surface area contributed by atoms with Gasteiger partial charge in [-0.05, 0) is 6.07 Å². The van der Waals surface area contributed by atoms with Gasteiger partial charge in [-0.3, -0.25) is 0 Å². The summed E-state index contributed by atoms with van der Waals surface area (Å²) in [6.07, 6.45) is 1.14. The molecule has 0 unspecified atom stereocenters. The predicted octanol–water partition coefficient (Wildman–Crippen LogP) is 1.03. The molecule has 1 aromatic carbocycles. The summed E-state index contributed by atoms with van der Waals surface area (Å²) in [6.45, 7) is 0. The summed E-state index contributed by atoms with van der Waals surface area (Å²) < 4.78 is 9.82. The summed E-state index contributed by atoms with van der Waals surface area (Å²) in [4.78, 5) is 25.6. The fourth-order valence-corrected chi connectivity index (χ4v) is 1.16. The minimum atomic E-state index is -1.27. The van der Waals surface area contributed by atoms with Crippen LogP contribution < -0.4 is 14.3 Å². The van der Waals surface area contributed by atoms with Crippen LogP contribution in [-0.2, 0) is 4.79 Å². The van der Waals surface area contributed by atoms with Crippen molar-refractivity contribution in [2.45, 2.75) is 0 Å². The maximum Gasteiger partial charge on any atom is 0.339 e. The van der Waals surface area contributed by atoms with Gasteiger partial charge in [0.25, 0.3) is 6.08 Å². The molecule has 0 aliphatic heterocycles. The molecule has 0 saturated carbocycles. The van der Waals surface area contributed by atoms with Crippen LogP contribution in [0.2, 0.25) is 0 Å². The minimum absolute atomic E-state index is 0.0840. The quantitative estimate of drug-likeness (QED) is 0.468. The number of carbonyl (C=O) groups is 1. The molecule has 0 spiro atoms. The number of carboxylic acid groups (broad SMARTS) is 1. The van der Waals surface area contributed by atoms with Crippen molar-refractivity contribution < 1.29 is 29.0 Å². The Hall–Kier alpha value is -2.53. The number of carboxylic acids is 1. The van der Waals surface area contributed by atoms with Gasteiger partial charge in [0.1, 0.15) is 11.3 Å². The van der Waals surface area contributed by atoms with Crippen LogP contribution in [0.4, 0.5) is 0 Å². The number of benzene rings is 1. The molecule has 0 heterocycles. The molecule has 1 rings (SSSR count). The lowest BCUT2D eigenvalue weighted by Crippen LogP contribution is -2.03. The van der Waals surface area contributed by atoms with Gasteiger partial charge < -0.3 is 19.4 Å². The average molecular weight is 239 g/mol. The predicted molar refractivity (Wildman–Crippen MR) is 55.3 cm³/mol. The lowest BCUT2D eigenvalue weighted by atomic mass is 10.1. The second-order valence-corrected chi connectivity index (χ2v) is 2.79. The fourth-order valence-electron chi connectivity index (χ4n) is 1.16. The van der Waals surface area contributed by atoms with Gasteiger partial charge in [-0.15, -0.1) is 0 Å². The van der Waals surface area contributed by atoms with Gasteiger partial charge in [-0.1, -0.05) is 0 Å². The van der Waals surface area contributed by atoms with Crippen LogP contribution in [0, 0.1) is 0 Å². The molecule has 0 amide bonds. The molecule has 90 valence electrons. The third-order valence-corrected chi connectivity index (χ3v) is 1.89. The van der Waals surface area contributed by atoms with Crippen LogP contribution >= 0.6 is 0 Å². The number of isocyanates is 1. The highest BCUT2D eigenvalue weighted by Crippen LogP contribution is 2.35. The van der Waals surface area contributed by atoms with Crippen LogP contribution in [-0.4, -0.2) is 31.4 Å². The van der Waals surface area contributed by atoms with Gasteiger partial charge in [0, 0.05) is 11.2 Å². The van der Waals surface area contributed by atoms with E-state index in [4.69, 9.17) is 14.6 Å². The van der Waals surface area contributed by atoms with Crippen LogP contribution in [0.5, 0.6) is 17.2 Å². The molecule has 1 N–H and O–H groups in total. The van der Waals surface area contributed by atoms with E-state index in [0.717, 1.165) is 6.08 Å². The highest BCUT2D eigenvalue weighted by atomic mass is 16.6. The lowest BCUT2D eigenvalue weighted by molar-refractivity contribution is 0.0691. The van der Waals surface area contributed by atoms with Crippen molar-refractivity contribution in [3.8, 4) is 17.2 Å². The van der Waals surface area contributed by atoms with Crippen molar-refractivity contribution >= 4 is 12.0 Å². The van der Waals surface area contributed by atoms with Crippen molar-refractivity contribution in [1.82, 2.24) is 0 Å². The molecule has 7 nitrogen and oxygen atoms in total. The SMILES string of the molecule is COc1cc(OC)c(ON=C=O)c(C(=O)O)c1. The number of methoxy groups -OCH3 is 2. The molecule has 0 saturated heterocycles. The number of hydrogen-bond acceptors (Lipinski definition) is 6. The summed E-state index contributed by atoms with van der Waals surface area (Å²) >= 11 is 0. The second kappa shape index (κ2) is 5.53. The first-order valence-electron chi connectivity index (χ1n) is 4.37. The molecule has 0 atom stereocenters. The van der Waals surface area contributed by atoms with Gasteiger partial charge in [0.15, 0.2) is 5.75 Å². The van der Waals surface area contributed by atoms with E-state index < -0.39 is 5.97 Å². The van der Waals surface area contributed by atoms with Crippen molar-refractivity contribution in [1.29, 1.82) is 0 Å². The van der Waals surface area contributed by atoms with Crippen LogP contribution in [0.25, 0.3) is 0 Å². The highest BCUT2D eigenvalue weighted by molar-refractivity contribution is 5.92. The zero-order chi connectivity index (χ0) is 12.8. The fraction of sp³-hybridized carbons (Fsp3) is 0.200. The Morgan fingerprint density at radius 3 is 2.53 bits per heavy atom. The molecule has 17 heavy (non-hydrogen) atoms. The van der Waals surface area contributed by atoms with E-state index in [-0.39, 0.29) is 22.8 Å². The monoisotopic (exact) mass is 239 g/mol. The smallest absolute Gasteiger partial charge is 0.339 e. The van der Waals surface area contributed by atoms with Crippen LogP contribution in [0.1, 0.15) is 10.4 Å². The van der Waals surface area contributed by atoms with E-state index in [1.54, 1.807) is 0 Å². The Morgan fingerprint density at radius 2 is 2.06 bits per heavy atom. The first kappa shape index (κ1) is 12.5. The molecule has 0 fully saturated rings. The largest absolute Gasteiger partial charge is 0.497 e. The third-order valence-electron chi connectivity index (χ3n) is 1.89. The van der Waals surface area contributed by atoms with Gasteiger partial charge >= 0.3 is 5.97 Å². The summed E-state index contributed by atoms with van der Waals surface area (Å²) in [5, 5.41) is 11.8. The molecule has 7 heteroatoms. The molecule has 0 aliphatic rings. The number of ether oxygens (including phenoxy) is 2. The molecule has 1 aromatic rings. The molecular formula is C10H9NO6. The molecule has 0 radical (unpaired) electrons. The maximum absolute atomic E-state index is 11.0. The second-order valence-electron chi connectivity index (χ2n) is 2.79. The zero-order valence-corrected chi connectivity index (χ0v) is 9.09. The number of carbonyl (C=O) groups excluding carboxylic acids is 1. The average Bonchev–Trinajstić information content (AvgIpc) is 2.35. The van der Waals surface area contributed by atoms with Gasteiger partial charge in [-0.2, -0.15) is 0 Å². The van der Waals surface area contributed by atoms with E-state index in [9.17, 15) is 9.59 Å². The maximum atomic E-state index is 11.0. The number of hydrogen-bond donors (Lipinski definition) is 1. The van der Waals surface area contributed by atoms with Gasteiger partial charge in [-0.25, -0.2) is 9.59 Å². The number of aromatic carboxylic acids is 1. The van der Waals surface area contributed by atoms with Crippen molar-refractivity contribution in [2.24, 2.45) is 5.16 Å². The van der Waals surface area contributed by atoms with Crippen LogP contribution in [0.15, 0.2) is 17.3 Å². The van der Waals surface area contributed by atoms with E-state index in [1.807, 2.05) is 0 Å². The van der Waals surface area contributed by atoms with E-state index in [0.29, 0.717) is 0 Å². The number of nitrogens with zero attached hydrogens (tertiary/aromatic N) is 1.